The van der Waals surface area contributed by atoms with E-state index in [1.54, 1.807) is 7.05 Å². The SMILES string of the molecule is CN/N=C(\N=C(C)C(C)C)c1ccccc1-c1ccc(C)cc1. The zero-order valence-electron chi connectivity index (χ0n) is 14.6. The van der Waals surface area contributed by atoms with Crippen molar-refractivity contribution >= 4 is 11.5 Å². The number of aliphatic imine (C=N–C) groups is 1. The molecule has 0 radical (unpaired) electrons. The molecule has 0 amide bonds. The van der Waals surface area contributed by atoms with Gasteiger partial charge in [-0.3, -0.25) is 0 Å². The summed E-state index contributed by atoms with van der Waals surface area (Å²) in [5.41, 5.74) is 8.55. The van der Waals surface area contributed by atoms with Gasteiger partial charge in [0.25, 0.3) is 0 Å². The third-order valence-electron chi connectivity index (χ3n) is 3.87. The fraction of sp³-hybridized carbons (Fsp3) is 0.300. The van der Waals surface area contributed by atoms with Gasteiger partial charge in [-0.25, -0.2) is 4.99 Å². The Morgan fingerprint density at radius 2 is 1.65 bits per heavy atom. The van der Waals surface area contributed by atoms with Gasteiger partial charge in [-0.15, -0.1) is 0 Å². The molecule has 0 unspecified atom stereocenters. The van der Waals surface area contributed by atoms with E-state index in [1.165, 1.54) is 11.1 Å². The quantitative estimate of drug-likeness (QED) is 0.498. The molecule has 23 heavy (non-hydrogen) atoms. The van der Waals surface area contributed by atoms with Crippen LogP contribution in [0.5, 0.6) is 0 Å². The maximum atomic E-state index is 4.74. The summed E-state index contributed by atoms with van der Waals surface area (Å²) in [5.74, 6) is 1.11. The van der Waals surface area contributed by atoms with Crippen molar-refractivity contribution in [3.05, 3.63) is 59.7 Å². The van der Waals surface area contributed by atoms with E-state index in [-0.39, 0.29) is 0 Å². The smallest absolute Gasteiger partial charge is 0.179 e. The second kappa shape index (κ2) is 7.73. The highest BCUT2D eigenvalue weighted by molar-refractivity contribution is 6.10. The van der Waals surface area contributed by atoms with Gasteiger partial charge in [0.2, 0.25) is 0 Å². The minimum Gasteiger partial charge on any atom is -0.311 e. The van der Waals surface area contributed by atoms with E-state index in [2.05, 4.69) is 73.8 Å². The maximum absolute atomic E-state index is 4.74. The van der Waals surface area contributed by atoms with Crippen molar-refractivity contribution in [3.63, 3.8) is 0 Å². The number of hydrogen-bond donors (Lipinski definition) is 1. The Bertz CT molecular complexity index is 710. The van der Waals surface area contributed by atoms with Gasteiger partial charge in [0.1, 0.15) is 0 Å². The first-order valence-corrected chi connectivity index (χ1v) is 7.99. The molecule has 120 valence electrons. The number of aryl methyl sites for hydroxylation is 1. The summed E-state index contributed by atoms with van der Waals surface area (Å²) >= 11 is 0. The van der Waals surface area contributed by atoms with Crippen LogP contribution < -0.4 is 5.43 Å². The zero-order chi connectivity index (χ0) is 16.8. The molecule has 3 heteroatoms. The van der Waals surface area contributed by atoms with Crippen LogP contribution in [0.4, 0.5) is 0 Å². The van der Waals surface area contributed by atoms with Crippen molar-refractivity contribution in [2.45, 2.75) is 27.7 Å². The van der Waals surface area contributed by atoms with Gasteiger partial charge in [0.15, 0.2) is 5.84 Å². The van der Waals surface area contributed by atoms with Crippen LogP contribution in [0.15, 0.2) is 58.6 Å². The van der Waals surface area contributed by atoms with Crippen LogP contribution in [0.1, 0.15) is 31.9 Å². The third-order valence-corrected chi connectivity index (χ3v) is 3.87. The number of nitrogens with zero attached hydrogens (tertiary/aromatic N) is 2. The molecular weight excluding hydrogens is 282 g/mol. The van der Waals surface area contributed by atoms with E-state index in [0.29, 0.717) is 5.92 Å². The monoisotopic (exact) mass is 307 g/mol. The lowest BCUT2D eigenvalue weighted by atomic mass is 9.98. The van der Waals surface area contributed by atoms with Gasteiger partial charge < -0.3 is 5.43 Å². The molecule has 0 fully saturated rings. The van der Waals surface area contributed by atoms with Crippen LogP contribution in [0.25, 0.3) is 11.1 Å². The highest BCUT2D eigenvalue weighted by Crippen LogP contribution is 2.25. The molecule has 0 saturated carbocycles. The van der Waals surface area contributed by atoms with Crippen molar-refractivity contribution in [1.29, 1.82) is 0 Å². The fourth-order valence-electron chi connectivity index (χ4n) is 2.21. The van der Waals surface area contributed by atoms with Gasteiger partial charge in [-0.1, -0.05) is 67.9 Å². The summed E-state index contributed by atoms with van der Waals surface area (Å²) in [6.45, 7) is 8.42. The minimum absolute atomic E-state index is 0.392. The summed E-state index contributed by atoms with van der Waals surface area (Å²) < 4.78 is 0. The van der Waals surface area contributed by atoms with Crippen LogP contribution in [0, 0.1) is 12.8 Å². The molecule has 0 aliphatic heterocycles. The van der Waals surface area contributed by atoms with Gasteiger partial charge in [0.05, 0.1) is 0 Å². The number of benzene rings is 2. The molecule has 2 aromatic rings. The fourth-order valence-corrected chi connectivity index (χ4v) is 2.21. The summed E-state index contributed by atoms with van der Waals surface area (Å²) in [6.07, 6.45) is 0. The van der Waals surface area contributed by atoms with E-state index in [0.717, 1.165) is 22.7 Å². The average Bonchev–Trinajstić information content (AvgIpc) is 2.55. The number of amidine groups is 1. The molecule has 0 spiro atoms. The van der Waals surface area contributed by atoms with Crippen molar-refractivity contribution in [3.8, 4) is 11.1 Å². The Morgan fingerprint density at radius 3 is 2.26 bits per heavy atom. The minimum atomic E-state index is 0.392. The molecule has 0 atom stereocenters. The molecule has 0 heterocycles. The lowest BCUT2D eigenvalue weighted by Crippen LogP contribution is -2.11. The van der Waals surface area contributed by atoms with Crippen LogP contribution in [0.2, 0.25) is 0 Å². The van der Waals surface area contributed by atoms with Crippen LogP contribution in [0.3, 0.4) is 0 Å². The van der Waals surface area contributed by atoms with Gasteiger partial charge in [-0.05, 0) is 30.9 Å². The molecular formula is C20H25N3. The first kappa shape index (κ1) is 16.9. The molecule has 0 saturated heterocycles. The molecule has 0 bridgehead atoms. The Morgan fingerprint density at radius 1 is 1.00 bits per heavy atom. The van der Waals surface area contributed by atoms with Crippen LogP contribution in [-0.4, -0.2) is 18.6 Å². The molecule has 0 aromatic heterocycles. The Balaban J connectivity index is 2.55. The maximum Gasteiger partial charge on any atom is 0.179 e. The Hall–Kier alpha value is -2.42. The largest absolute Gasteiger partial charge is 0.311 e. The summed E-state index contributed by atoms with van der Waals surface area (Å²) in [6, 6.07) is 16.8. The van der Waals surface area contributed by atoms with E-state index < -0.39 is 0 Å². The van der Waals surface area contributed by atoms with Crippen molar-refractivity contribution in [2.75, 3.05) is 7.05 Å². The molecule has 2 aromatic carbocycles. The number of hydrazone groups is 1. The van der Waals surface area contributed by atoms with Crippen molar-refractivity contribution in [1.82, 2.24) is 5.43 Å². The molecule has 3 nitrogen and oxygen atoms in total. The lowest BCUT2D eigenvalue weighted by molar-refractivity contribution is 0.873. The normalized spacial score (nSPS) is 12.6. The number of nitrogens with one attached hydrogen (secondary N) is 1. The number of hydrogen-bond acceptors (Lipinski definition) is 2. The molecule has 0 aliphatic carbocycles. The predicted octanol–water partition coefficient (Wildman–Crippen LogP) is 4.66. The Kier molecular flexibility index (Phi) is 5.69. The van der Waals surface area contributed by atoms with E-state index in [1.807, 2.05) is 13.0 Å². The Labute approximate surface area is 139 Å². The summed E-state index contributed by atoms with van der Waals surface area (Å²) in [7, 11) is 1.80. The summed E-state index contributed by atoms with van der Waals surface area (Å²) in [5, 5.41) is 4.40. The number of rotatable bonds is 4. The van der Waals surface area contributed by atoms with Gasteiger partial charge >= 0.3 is 0 Å². The third kappa shape index (κ3) is 4.28. The van der Waals surface area contributed by atoms with Crippen LogP contribution >= 0.6 is 0 Å². The van der Waals surface area contributed by atoms with Crippen LogP contribution in [-0.2, 0) is 0 Å². The van der Waals surface area contributed by atoms with Gasteiger partial charge in [0, 0.05) is 18.3 Å². The summed E-state index contributed by atoms with van der Waals surface area (Å²) in [4.78, 5) is 4.74. The average molecular weight is 307 g/mol. The first-order valence-electron chi connectivity index (χ1n) is 7.99. The van der Waals surface area contributed by atoms with Gasteiger partial charge in [-0.2, -0.15) is 5.10 Å². The first-order chi connectivity index (χ1) is 11.0. The molecule has 0 aliphatic rings. The molecule has 1 N–H and O–H groups in total. The van der Waals surface area contributed by atoms with E-state index >= 15 is 0 Å². The lowest BCUT2D eigenvalue weighted by Gasteiger charge is -2.12. The second-order valence-corrected chi connectivity index (χ2v) is 5.98. The highest BCUT2D eigenvalue weighted by atomic mass is 15.3. The van der Waals surface area contributed by atoms with E-state index in [4.69, 9.17) is 4.99 Å². The van der Waals surface area contributed by atoms with Crippen molar-refractivity contribution < 1.29 is 0 Å². The second-order valence-electron chi connectivity index (χ2n) is 5.98. The molecule has 2 rings (SSSR count). The topological polar surface area (TPSA) is 36.8 Å². The predicted molar refractivity (Wildman–Crippen MR) is 100 cm³/mol. The zero-order valence-corrected chi connectivity index (χ0v) is 14.6. The van der Waals surface area contributed by atoms with Crippen molar-refractivity contribution in [2.24, 2.45) is 16.0 Å². The highest BCUT2D eigenvalue weighted by Gasteiger charge is 2.11. The van der Waals surface area contributed by atoms with E-state index in [9.17, 15) is 0 Å². The standard InChI is InChI=1S/C20H25N3/c1-14(2)16(4)22-20(23-21-5)19-9-7-6-8-18(19)17-12-10-15(3)11-13-17/h6-14,21H,1-5H3/b22-16?,23-20-.